The molecule has 0 aromatic heterocycles. The van der Waals surface area contributed by atoms with Crippen LogP contribution < -0.4 is 5.32 Å². The van der Waals surface area contributed by atoms with Gasteiger partial charge in [-0.15, -0.1) is 0 Å². The summed E-state index contributed by atoms with van der Waals surface area (Å²) in [5.74, 6) is -0.204. The van der Waals surface area contributed by atoms with Crippen molar-refractivity contribution in [2.45, 2.75) is 211 Å². The van der Waals surface area contributed by atoms with E-state index in [2.05, 4.69) is 55.6 Å². The van der Waals surface area contributed by atoms with Crippen molar-refractivity contribution in [1.82, 2.24) is 5.32 Å². The Hall–Kier alpha value is -1.85. The second kappa shape index (κ2) is 34.6. The van der Waals surface area contributed by atoms with Crippen LogP contribution in [0.15, 0.2) is 48.6 Å². The van der Waals surface area contributed by atoms with Gasteiger partial charge in [0.2, 0.25) is 5.91 Å². The number of aliphatic hydroxyl groups is 5. The van der Waals surface area contributed by atoms with Crippen LogP contribution in [0.4, 0.5) is 0 Å². The van der Waals surface area contributed by atoms with Gasteiger partial charge in [-0.25, -0.2) is 0 Å². The number of carbonyl (C=O) groups excluding carboxylic acids is 1. The predicted octanol–water partition coefficient (Wildman–Crippen LogP) is 8.28. The van der Waals surface area contributed by atoms with Gasteiger partial charge in [-0.3, -0.25) is 4.79 Å². The Morgan fingerprint density at radius 3 is 1.62 bits per heavy atom. The molecule has 6 N–H and O–H groups in total. The SMILES string of the molecule is CCCCC/C=C\CCCCCCCC(=O)NC(COC1OC(CO)C(O)C(O)C1O)C(O)/C=C/CC/C=C/CC/C=C/CCCCCCCCCC. The number of unbranched alkanes of at least 4 members (excludes halogenated alkanes) is 18. The molecule has 9 heteroatoms. The Morgan fingerprint density at radius 2 is 1.08 bits per heavy atom. The van der Waals surface area contributed by atoms with Gasteiger partial charge in [0, 0.05) is 6.42 Å². The molecule has 0 aliphatic carbocycles. The molecule has 1 heterocycles. The molecule has 1 amide bonds. The van der Waals surface area contributed by atoms with Crippen molar-refractivity contribution in [2.24, 2.45) is 0 Å². The van der Waals surface area contributed by atoms with Gasteiger partial charge in [-0.05, 0) is 70.6 Å². The lowest BCUT2D eigenvalue weighted by atomic mass is 9.99. The Bertz CT molecular complexity index is 967. The lowest BCUT2D eigenvalue weighted by molar-refractivity contribution is -0.302. The molecule has 0 saturated carbocycles. The van der Waals surface area contributed by atoms with Gasteiger partial charge in [0.15, 0.2) is 6.29 Å². The van der Waals surface area contributed by atoms with Crippen LogP contribution in [-0.2, 0) is 14.3 Å². The summed E-state index contributed by atoms with van der Waals surface area (Å²) in [7, 11) is 0. The van der Waals surface area contributed by atoms with Crippen molar-refractivity contribution >= 4 is 5.91 Å². The maximum Gasteiger partial charge on any atom is 0.220 e. The fourth-order valence-electron chi connectivity index (χ4n) is 6.36. The number of ether oxygens (including phenoxy) is 2. The first-order valence-corrected chi connectivity index (χ1v) is 21.4. The molecular formula is C44H79NO8. The molecule has 0 aromatic rings. The zero-order valence-electron chi connectivity index (χ0n) is 33.5. The van der Waals surface area contributed by atoms with E-state index in [-0.39, 0.29) is 12.5 Å². The maximum atomic E-state index is 12.9. The smallest absolute Gasteiger partial charge is 0.220 e. The summed E-state index contributed by atoms with van der Waals surface area (Å²) in [6, 6.07) is -0.830. The van der Waals surface area contributed by atoms with E-state index in [9.17, 15) is 30.3 Å². The minimum atomic E-state index is -1.57. The number of rotatable bonds is 34. The number of hydrogen-bond donors (Lipinski definition) is 6. The monoisotopic (exact) mass is 750 g/mol. The predicted molar refractivity (Wildman–Crippen MR) is 216 cm³/mol. The lowest BCUT2D eigenvalue weighted by Crippen LogP contribution is -2.60. The Kier molecular flexibility index (Phi) is 32.1. The molecule has 9 nitrogen and oxygen atoms in total. The molecule has 0 spiro atoms. The summed E-state index contributed by atoms with van der Waals surface area (Å²) in [6.45, 7) is 3.69. The van der Waals surface area contributed by atoms with Crippen LogP contribution in [0.3, 0.4) is 0 Å². The van der Waals surface area contributed by atoms with E-state index in [0.717, 1.165) is 70.6 Å². The number of carbonyl (C=O) groups is 1. The first-order chi connectivity index (χ1) is 25.8. The molecule has 0 aromatic carbocycles. The average molecular weight is 750 g/mol. The number of hydrogen-bond acceptors (Lipinski definition) is 8. The molecule has 308 valence electrons. The van der Waals surface area contributed by atoms with E-state index >= 15 is 0 Å². The fraction of sp³-hybridized carbons (Fsp3) is 0.795. The van der Waals surface area contributed by atoms with Gasteiger partial charge in [0.1, 0.15) is 24.4 Å². The third kappa shape index (κ3) is 25.8. The highest BCUT2D eigenvalue weighted by molar-refractivity contribution is 5.76. The fourth-order valence-corrected chi connectivity index (χ4v) is 6.36. The van der Waals surface area contributed by atoms with E-state index < -0.39 is 49.5 Å². The van der Waals surface area contributed by atoms with Crippen LogP contribution in [0, 0.1) is 0 Å². The van der Waals surface area contributed by atoms with E-state index in [1.54, 1.807) is 6.08 Å². The Morgan fingerprint density at radius 1 is 0.623 bits per heavy atom. The largest absolute Gasteiger partial charge is 0.394 e. The van der Waals surface area contributed by atoms with Crippen molar-refractivity contribution < 1.29 is 39.8 Å². The topological polar surface area (TPSA) is 149 Å². The van der Waals surface area contributed by atoms with Gasteiger partial charge in [-0.1, -0.05) is 140 Å². The van der Waals surface area contributed by atoms with Crippen molar-refractivity contribution in [3.63, 3.8) is 0 Å². The highest BCUT2D eigenvalue weighted by Gasteiger charge is 2.44. The highest BCUT2D eigenvalue weighted by Crippen LogP contribution is 2.22. The van der Waals surface area contributed by atoms with E-state index in [4.69, 9.17) is 9.47 Å². The van der Waals surface area contributed by atoms with Gasteiger partial charge < -0.3 is 40.3 Å². The van der Waals surface area contributed by atoms with E-state index in [0.29, 0.717) is 6.42 Å². The molecule has 1 fully saturated rings. The standard InChI is InChI=1S/C44H79NO8/c1-3-5-7-9-11-13-15-17-18-19-20-21-22-23-25-27-29-31-33-38(47)37(36-52-44-43(51)42(50)41(49)39(35-46)53-44)45-40(48)34-32-30-28-26-24-16-14-12-10-8-6-4-2/h12,14,19-20,23,25,31,33,37-39,41-44,46-47,49-51H,3-11,13,15-18,21-22,24,26-30,32,34-36H2,1-2H3,(H,45,48)/b14-12-,20-19+,25-23+,33-31+. The van der Waals surface area contributed by atoms with Crippen LogP contribution in [0.5, 0.6) is 0 Å². The summed E-state index contributed by atoms with van der Waals surface area (Å²) in [4.78, 5) is 12.9. The molecule has 0 radical (unpaired) electrons. The third-order valence-corrected chi connectivity index (χ3v) is 9.85. The first-order valence-electron chi connectivity index (χ1n) is 21.4. The Balaban J connectivity index is 2.45. The minimum absolute atomic E-state index is 0.204. The molecule has 7 unspecified atom stereocenters. The second-order valence-electron chi connectivity index (χ2n) is 14.8. The van der Waals surface area contributed by atoms with Crippen molar-refractivity contribution in [3.05, 3.63) is 48.6 Å². The van der Waals surface area contributed by atoms with Crippen LogP contribution in [0.2, 0.25) is 0 Å². The number of allylic oxidation sites excluding steroid dienone is 7. The summed E-state index contributed by atoms with van der Waals surface area (Å²) in [6.07, 6.45) is 35.8. The number of aliphatic hydroxyl groups excluding tert-OH is 5. The normalized spacial score (nSPS) is 22.1. The van der Waals surface area contributed by atoms with Gasteiger partial charge in [0.05, 0.1) is 25.4 Å². The van der Waals surface area contributed by atoms with Gasteiger partial charge in [-0.2, -0.15) is 0 Å². The number of amides is 1. The van der Waals surface area contributed by atoms with Crippen molar-refractivity contribution in [2.75, 3.05) is 13.2 Å². The van der Waals surface area contributed by atoms with E-state index in [1.807, 2.05) is 6.08 Å². The summed E-state index contributed by atoms with van der Waals surface area (Å²) in [5.41, 5.74) is 0. The minimum Gasteiger partial charge on any atom is -0.394 e. The summed E-state index contributed by atoms with van der Waals surface area (Å²) in [5, 5.41) is 54.0. The molecule has 1 aliphatic rings. The van der Waals surface area contributed by atoms with Crippen LogP contribution >= 0.6 is 0 Å². The highest BCUT2D eigenvalue weighted by atomic mass is 16.7. The molecule has 1 aliphatic heterocycles. The quantitative estimate of drug-likeness (QED) is 0.0285. The molecule has 7 atom stereocenters. The summed E-state index contributed by atoms with van der Waals surface area (Å²) >= 11 is 0. The van der Waals surface area contributed by atoms with Gasteiger partial charge >= 0.3 is 0 Å². The van der Waals surface area contributed by atoms with E-state index in [1.165, 1.54) is 77.0 Å². The van der Waals surface area contributed by atoms with Crippen LogP contribution in [0.25, 0.3) is 0 Å². The van der Waals surface area contributed by atoms with Crippen molar-refractivity contribution in [1.29, 1.82) is 0 Å². The average Bonchev–Trinajstić information content (AvgIpc) is 3.16. The zero-order chi connectivity index (χ0) is 38.8. The molecule has 53 heavy (non-hydrogen) atoms. The Labute approximate surface area is 323 Å². The van der Waals surface area contributed by atoms with Crippen molar-refractivity contribution in [3.8, 4) is 0 Å². The lowest BCUT2D eigenvalue weighted by Gasteiger charge is -2.40. The molecule has 1 rings (SSSR count). The summed E-state index contributed by atoms with van der Waals surface area (Å²) < 4.78 is 11.2. The maximum absolute atomic E-state index is 12.9. The number of nitrogens with one attached hydrogen (secondary N) is 1. The first kappa shape index (κ1) is 49.2. The molecule has 1 saturated heterocycles. The zero-order valence-corrected chi connectivity index (χ0v) is 33.5. The van der Waals surface area contributed by atoms with Gasteiger partial charge in [0.25, 0.3) is 0 Å². The molecule has 0 bridgehead atoms. The second-order valence-corrected chi connectivity index (χ2v) is 14.8. The van der Waals surface area contributed by atoms with Crippen LogP contribution in [-0.4, -0.2) is 87.5 Å². The third-order valence-electron chi connectivity index (χ3n) is 9.85. The van der Waals surface area contributed by atoms with Crippen LogP contribution in [0.1, 0.15) is 168 Å². The molecular weight excluding hydrogens is 670 g/mol.